The van der Waals surface area contributed by atoms with Gasteiger partial charge in [0.25, 0.3) is 0 Å². The molecule has 0 radical (unpaired) electrons. The zero-order valence-corrected chi connectivity index (χ0v) is 10.9. The van der Waals surface area contributed by atoms with Gasteiger partial charge < -0.3 is 15.2 Å². The third kappa shape index (κ3) is 3.60. The molecule has 9 heteroatoms. The summed E-state index contributed by atoms with van der Waals surface area (Å²) >= 11 is 2.88. The van der Waals surface area contributed by atoms with Gasteiger partial charge in [-0.1, -0.05) is 0 Å². The molecule has 0 saturated carbocycles. The number of carbonyl (C=O) groups excluding carboxylic acids is 1. The van der Waals surface area contributed by atoms with Crippen LogP contribution in [0.25, 0.3) is 0 Å². The minimum Gasteiger partial charge on any atom is -0.497 e. The number of aromatic carboxylic acids is 1. The van der Waals surface area contributed by atoms with Gasteiger partial charge in [0.15, 0.2) is 0 Å². The second-order valence-electron chi connectivity index (χ2n) is 3.29. The Labute approximate surface area is 113 Å². The lowest BCUT2D eigenvalue weighted by atomic mass is 10.1. The van der Waals surface area contributed by atoms with Crippen molar-refractivity contribution < 1.29 is 32.6 Å². The number of methoxy groups -OCH3 is 1. The van der Waals surface area contributed by atoms with Gasteiger partial charge >= 0.3 is 18.1 Å². The molecule has 19 heavy (non-hydrogen) atoms. The SMILES string of the molecule is COc1cc(Br)c(NC(=O)C(F)(F)F)c(C(=O)O)c1. The van der Waals surface area contributed by atoms with E-state index < -0.39 is 29.3 Å². The summed E-state index contributed by atoms with van der Waals surface area (Å²) in [6.45, 7) is 0. The average Bonchev–Trinajstić information content (AvgIpc) is 2.29. The van der Waals surface area contributed by atoms with E-state index in [1.54, 1.807) is 0 Å². The number of alkyl halides is 3. The molecule has 1 amide bonds. The molecule has 1 aromatic carbocycles. The molecule has 0 aromatic heterocycles. The summed E-state index contributed by atoms with van der Waals surface area (Å²) in [5, 5.41) is 10.4. The van der Waals surface area contributed by atoms with Crippen molar-refractivity contribution in [2.24, 2.45) is 0 Å². The number of carboxylic acid groups (broad SMARTS) is 1. The van der Waals surface area contributed by atoms with E-state index in [9.17, 15) is 22.8 Å². The molecule has 5 nitrogen and oxygen atoms in total. The largest absolute Gasteiger partial charge is 0.497 e. The Hall–Kier alpha value is -1.77. The maximum atomic E-state index is 12.1. The van der Waals surface area contributed by atoms with Gasteiger partial charge in [0.05, 0.1) is 18.4 Å². The van der Waals surface area contributed by atoms with Crippen molar-refractivity contribution in [1.29, 1.82) is 0 Å². The lowest BCUT2D eigenvalue weighted by Crippen LogP contribution is -2.30. The highest BCUT2D eigenvalue weighted by molar-refractivity contribution is 9.10. The fourth-order valence-electron chi connectivity index (χ4n) is 1.18. The molecule has 0 spiro atoms. The number of nitrogens with one attached hydrogen (secondary N) is 1. The van der Waals surface area contributed by atoms with Crippen LogP contribution in [0.3, 0.4) is 0 Å². The lowest BCUT2D eigenvalue weighted by molar-refractivity contribution is -0.167. The number of carbonyl (C=O) groups is 2. The maximum absolute atomic E-state index is 12.1. The summed E-state index contributed by atoms with van der Waals surface area (Å²) in [6, 6.07) is 2.23. The number of carboxylic acids is 1. The zero-order valence-electron chi connectivity index (χ0n) is 9.34. The molecule has 1 rings (SSSR count). The normalized spacial score (nSPS) is 11.0. The Kier molecular flexibility index (Phi) is 4.40. The van der Waals surface area contributed by atoms with Gasteiger partial charge in [0.1, 0.15) is 5.75 Å². The summed E-state index contributed by atoms with van der Waals surface area (Å²) in [6.07, 6.45) is -5.12. The standard InChI is InChI=1S/C10H7BrF3NO4/c1-19-4-2-5(8(16)17)7(6(11)3-4)15-9(18)10(12,13)14/h2-3H,1H3,(H,15,18)(H,16,17). The number of benzene rings is 1. The third-order valence-electron chi connectivity index (χ3n) is 2.03. The lowest BCUT2D eigenvalue weighted by Gasteiger charge is -2.13. The van der Waals surface area contributed by atoms with E-state index in [2.05, 4.69) is 15.9 Å². The maximum Gasteiger partial charge on any atom is 0.471 e. The van der Waals surface area contributed by atoms with Crippen molar-refractivity contribution in [3.05, 3.63) is 22.2 Å². The first-order valence-electron chi connectivity index (χ1n) is 4.65. The van der Waals surface area contributed by atoms with Crippen LogP contribution in [0.1, 0.15) is 10.4 Å². The summed E-state index contributed by atoms with van der Waals surface area (Å²) in [5.41, 5.74) is -1.01. The molecule has 1 aromatic rings. The van der Waals surface area contributed by atoms with Gasteiger partial charge in [-0.3, -0.25) is 4.79 Å². The summed E-state index contributed by atoms with van der Waals surface area (Å²) in [5.74, 6) is -3.65. The van der Waals surface area contributed by atoms with Gasteiger partial charge in [-0.05, 0) is 28.1 Å². The van der Waals surface area contributed by atoms with E-state index in [-0.39, 0.29) is 10.2 Å². The van der Waals surface area contributed by atoms with Crippen molar-refractivity contribution in [2.75, 3.05) is 12.4 Å². The molecule has 0 bridgehead atoms. The Morgan fingerprint density at radius 3 is 2.37 bits per heavy atom. The van der Waals surface area contributed by atoms with Gasteiger partial charge in [-0.2, -0.15) is 13.2 Å². The average molecular weight is 342 g/mol. The number of amides is 1. The topological polar surface area (TPSA) is 75.6 Å². The van der Waals surface area contributed by atoms with Crippen LogP contribution in [0, 0.1) is 0 Å². The highest BCUT2D eigenvalue weighted by Gasteiger charge is 2.39. The first-order chi connectivity index (χ1) is 8.66. The van der Waals surface area contributed by atoms with E-state index in [1.807, 2.05) is 0 Å². The van der Waals surface area contributed by atoms with E-state index >= 15 is 0 Å². The van der Waals surface area contributed by atoms with Crippen molar-refractivity contribution in [3.8, 4) is 5.75 Å². The first-order valence-corrected chi connectivity index (χ1v) is 5.45. The predicted octanol–water partition coefficient (Wildman–Crippen LogP) is 2.66. The van der Waals surface area contributed by atoms with Gasteiger partial charge in [-0.25, -0.2) is 4.79 Å². The van der Waals surface area contributed by atoms with Crippen LogP contribution in [0.15, 0.2) is 16.6 Å². The Morgan fingerprint density at radius 2 is 1.95 bits per heavy atom. The number of ether oxygens (including phenoxy) is 1. The van der Waals surface area contributed by atoms with Crippen LogP contribution in [0.2, 0.25) is 0 Å². The monoisotopic (exact) mass is 341 g/mol. The van der Waals surface area contributed by atoms with E-state index in [1.165, 1.54) is 18.5 Å². The second-order valence-corrected chi connectivity index (χ2v) is 4.14. The van der Waals surface area contributed by atoms with Crippen LogP contribution < -0.4 is 10.1 Å². The molecule has 0 aliphatic heterocycles. The molecule has 0 aliphatic carbocycles. The quantitative estimate of drug-likeness (QED) is 0.886. The van der Waals surface area contributed by atoms with Crippen LogP contribution in [0.5, 0.6) is 5.75 Å². The molecule has 0 aliphatic rings. The Balaban J connectivity index is 3.27. The molecule has 0 atom stereocenters. The van der Waals surface area contributed by atoms with E-state index in [0.29, 0.717) is 0 Å². The highest BCUT2D eigenvalue weighted by Crippen LogP contribution is 2.33. The molecule has 2 N–H and O–H groups in total. The van der Waals surface area contributed by atoms with Crippen LogP contribution in [-0.4, -0.2) is 30.3 Å². The highest BCUT2D eigenvalue weighted by atomic mass is 79.9. The van der Waals surface area contributed by atoms with Gasteiger partial charge in [0, 0.05) is 4.47 Å². The minimum absolute atomic E-state index is 0.0400. The number of rotatable bonds is 3. The second kappa shape index (κ2) is 5.47. The van der Waals surface area contributed by atoms with Crippen LogP contribution >= 0.6 is 15.9 Å². The summed E-state index contributed by atoms with van der Waals surface area (Å²) in [4.78, 5) is 21.8. The smallest absolute Gasteiger partial charge is 0.471 e. The first kappa shape index (κ1) is 15.3. The number of hydrogen-bond donors (Lipinski definition) is 2. The van der Waals surface area contributed by atoms with Gasteiger partial charge in [0.2, 0.25) is 0 Å². The van der Waals surface area contributed by atoms with E-state index in [0.717, 1.165) is 6.07 Å². The third-order valence-corrected chi connectivity index (χ3v) is 2.65. The molecule has 0 fully saturated rings. The fraction of sp³-hybridized carbons (Fsp3) is 0.200. The van der Waals surface area contributed by atoms with E-state index in [4.69, 9.17) is 9.84 Å². The number of anilines is 1. The van der Waals surface area contributed by atoms with Crippen molar-refractivity contribution in [3.63, 3.8) is 0 Å². The molecule has 0 unspecified atom stereocenters. The molecule has 104 valence electrons. The van der Waals surface area contributed by atoms with Gasteiger partial charge in [-0.15, -0.1) is 0 Å². The van der Waals surface area contributed by atoms with Crippen molar-refractivity contribution in [1.82, 2.24) is 0 Å². The minimum atomic E-state index is -5.12. The summed E-state index contributed by atoms with van der Waals surface area (Å²) in [7, 11) is 1.27. The number of halogens is 4. The van der Waals surface area contributed by atoms with Crippen molar-refractivity contribution >= 4 is 33.5 Å². The number of hydrogen-bond acceptors (Lipinski definition) is 3. The zero-order chi connectivity index (χ0) is 14.8. The fourth-order valence-corrected chi connectivity index (χ4v) is 1.72. The predicted molar refractivity (Wildman–Crippen MR) is 62.3 cm³/mol. The van der Waals surface area contributed by atoms with Crippen molar-refractivity contribution in [2.45, 2.75) is 6.18 Å². The summed E-state index contributed by atoms with van der Waals surface area (Å²) < 4.78 is 41.2. The van der Waals surface area contributed by atoms with Crippen LogP contribution in [-0.2, 0) is 4.79 Å². The molecular weight excluding hydrogens is 335 g/mol. The molecular formula is C10H7BrF3NO4. The van der Waals surface area contributed by atoms with Crippen LogP contribution in [0.4, 0.5) is 18.9 Å². The Morgan fingerprint density at radius 1 is 1.37 bits per heavy atom. The molecule has 0 heterocycles. The Bertz CT molecular complexity index is 530. The molecule has 0 saturated heterocycles.